The molecule has 0 bridgehead atoms. The number of pyridine rings is 1. The first-order valence-electron chi connectivity index (χ1n) is 7.93. The second-order valence-corrected chi connectivity index (χ2v) is 6.46. The highest BCUT2D eigenvalue weighted by atomic mass is 19.4. The lowest BCUT2D eigenvalue weighted by Crippen LogP contribution is -2.53. The smallest absolute Gasteiger partial charge is 0.411 e. The largest absolute Gasteiger partial charge is 0.508 e. The average Bonchev–Trinajstić information content (AvgIpc) is 2.45. The van der Waals surface area contributed by atoms with Gasteiger partial charge < -0.3 is 19.5 Å². The standard InChI is InChI=1S/C16H23F3N2O3/c1-4-5-15(2,3)24-14-9-11(22)8-13(20-14)21-6-7-23-10-12(21)16(17,18)19/h8-9,12H,4-7,10H2,1-3H3,(H,20,22)/t12-/m1/s1. The third-order valence-corrected chi connectivity index (χ3v) is 3.81. The Morgan fingerprint density at radius 1 is 1.38 bits per heavy atom. The number of ether oxygens (including phenoxy) is 2. The summed E-state index contributed by atoms with van der Waals surface area (Å²) in [6.07, 6.45) is -2.81. The molecule has 2 heterocycles. The highest BCUT2D eigenvalue weighted by Gasteiger charge is 2.46. The Bertz CT molecular complexity index is 564. The molecule has 0 aromatic carbocycles. The summed E-state index contributed by atoms with van der Waals surface area (Å²) >= 11 is 0. The Labute approximate surface area is 139 Å². The summed E-state index contributed by atoms with van der Waals surface area (Å²) in [5, 5.41) is 9.88. The number of anilines is 1. The highest BCUT2D eigenvalue weighted by molar-refractivity contribution is 5.48. The monoisotopic (exact) mass is 348 g/mol. The van der Waals surface area contributed by atoms with Crippen molar-refractivity contribution in [2.75, 3.05) is 24.7 Å². The normalized spacial score (nSPS) is 19.4. The molecule has 136 valence electrons. The fourth-order valence-electron chi connectivity index (χ4n) is 2.76. The van der Waals surface area contributed by atoms with E-state index in [0.29, 0.717) is 0 Å². The molecule has 0 unspecified atom stereocenters. The van der Waals surface area contributed by atoms with Gasteiger partial charge in [0, 0.05) is 18.7 Å². The van der Waals surface area contributed by atoms with Gasteiger partial charge in [0.2, 0.25) is 5.88 Å². The van der Waals surface area contributed by atoms with Gasteiger partial charge in [-0.3, -0.25) is 0 Å². The van der Waals surface area contributed by atoms with E-state index in [1.165, 1.54) is 12.1 Å². The van der Waals surface area contributed by atoms with Crippen LogP contribution in [0.15, 0.2) is 12.1 Å². The van der Waals surface area contributed by atoms with Crippen LogP contribution in [0.3, 0.4) is 0 Å². The predicted octanol–water partition coefficient (Wildman–Crippen LogP) is 3.51. The quantitative estimate of drug-likeness (QED) is 0.882. The first-order valence-corrected chi connectivity index (χ1v) is 7.93. The summed E-state index contributed by atoms with van der Waals surface area (Å²) in [6.45, 7) is 5.50. The van der Waals surface area contributed by atoms with Gasteiger partial charge in [-0.2, -0.15) is 18.2 Å². The van der Waals surface area contributed by atoms with Crippen LogP contribution in [0.4, 0.5) is 19.0 Å². The van der Waals surface area contributed by atoms with E-state index < -0.39 is 24.4 Å². The molecule has 1 aromatic rings. The number of aromatic hydroxyl groups is 1. The zero-order valence-electron chi connectivity index (χ0n) is 14.1. The number of alkyl halides is 3. The molecule has 1 saturated heterocycles. The van der Waals surface area contributed by atoms with E-state index in [9.17, 15) is 18.3 Å². The Morgan fingerprint density at radius 3 is 2.71 bits per heavy atom. The lowest BCUT2D eigenvalue weighted by atomic mass is 10.0. The predicted molar refractivity (Wildman–Crippen MR) is 83.5 cm³/mol. The van der Waals surface area contributed by atoms with Crippen LogP contribution in [0.5, 0.6) is 11.6 Å². The van der Waals surface area contributed by atoms with Crippen LogP contribution in [-0.4, -0.2) is 47.7 Å². The molecule has 0 spiro atoms. The molecular weight excluding hydrogens is 325 g/mol. The molecule has 0 radical (unpaired) electrons. The maximum atomic E-state index is 13.2. The Kier molecular flexibility index (Phi) is 5.47. The molecular formula is C16H23F3N2O3. The van der Waals surface area contributed by atoms with E-state index >= 15 is 0 Å². The van der Waals surface area contributed by atoms with Crippen molar-refractivity contribution in [1.29, 1.82) is 0 Å². The first kappa shape index (κ1) is 18.6. The van der Waals surface area contributed by atoms with E-state index in [1.807, 2.05) is 20.8 Å². The minimum Gasteiger partial charge on any atom is -0.508 e. The molecule has 0 aliphatic carbocycles. The molecule has 8 heteroatoms. The van der Waals surface area contributed by atoms with E-state index in [1.54, 1.807) is 0 Å². The van der Waals surface area contributed by atoms with E-state index in [2.05, 4.69) is 4.98 Å². The van der Waals surface area contributed by atoms with E-state index in [4.69, 9.17) is 9.47 Å². The molecule has 2 rings (SSSR count). The summed E-state index contributed by atoms with van der Waals surface area (Å²) in [5.74, 6) is -0.0477. The fraction of sp³-hybridized carbons (Fsp3) is 0.688. The van der Waals surface area contributed by atoms with Gasteiger partial charge in [0.1, 0.15) is 23.2 Å². The van der Waals surface area contributed by atoms with Crippen LogP contribution >= 0.6 is 0 Å². The topological polar surface area (TPSA) is 54.8 Å². The number of halogens is 3. The highest BCUT2D eigenvalue weighted by Crippen LogP contribution is 2.33. The number of nitrogens with zero attached hydrogens (tertiary/aromatic N) is 2. The molecule has 24 heavy (non-hydrogen) atoms. The van der Waals surface area contributed by atoms with Crippen molar-refractivity contribution in [2.45, 2.75) is 51.4 Å². The minimum absolute atomic E-state index is 0.0305. The number of aromatic nitrogens is 1. The lowest BCUT2D eigenvalue weighted by Gasteiger charge is -2.37. The second kappa shape index (κ2) is 7.04. The molecule has 1 fully saturated rings. The van der Waals surface area contributed by atoms with Crippen molar-refractivity contribution in [3.63, 3.8) is 0 Å². The molecule has 1 atom stereocenters. The number of hydrogen-bond acceptors (Lipinski definition) is 5. The van der Waals surface area contributed by atoms with Crippen molar-refractivity contribution >= 4 is 5.82 Å². The summed E-state index contributed by atoms with van der Waals surface area (Å²) in [5.41, 5.74) is -0.527. The summed E-state index contributed by atoms with van der Waals surface area (Å²) in [6, 6.07) is 0.727. The van der Waals surface area contributed by atoms with Gasteiger partial charge in [-0.25, -0.2) is 0 Å². The van der Waals surface area contributed by atoms with Crippen LogP contribution in [-0.2, 0) is 4.74 Å². The van der Waals surface area contributed by atoms with Crippen molar-refractivity contribution in [3.8, 4) is 11.6 Å². The molecule has 5 nitrogen and oxygen atoms in total. The lowest BCUT2D eigenvalue weighted by molar-refractivity contribution is -0.167. The Hall–Kier alpha value is -1.70. The summed E-state index contributed by atoms with van der Waals surface area (Å²) in [7, 11) is 0. The first-order chi connectivity index (χ1) is 11.1. The number of morpholine rings is 1. The third kappa shape index (κ3) is 4.66. The van der Waals surface area contributed by atoms with Crippen LogP contribution < -0.4 is 9.64 Å². The maximum absolute atomic E-state index is 13.2. The zero-order valence-corrected chi connectivity index (χ0v) is 14.1. The average molecular weight is 348 g/mol. The van der Waals surface area contributed by atoms with Crippen LogP contribution in [0.1, 0.15) is 33.6 Å². The molecule has 1 aliphatic rings. The SMILES string of the molecule is CCCC(C)(C)Oc1cc(O)cc(N2CCOC[C@@H]2C(F)(F)F)n1. The van der Waals surface area contributed by atoms with Crippen LogP contribution in [0, 0.1) is 0 Å². The minimum atomic E-state index is -4.45. The molecule has 1 aromatic heterocycles. The Morgan fingerprint density at radius 2 is 2.08 bits per heavy atom. The third-order valence-electron chi connectivity index (χ3n) is 3.81. The van der Waals surface area contributed by atoms with Gasteiger partial charge >= 0.3 is 6.18 Å². The number of hydrogen-bond donors (Lipinski definition) is 1. The maximum Gasteiger partial charge on any atom is 0.411 e. The van der Waals surface area contributed by atoms with Gasteiger partial charge in [0.25, 0.3) is 0 Å². The van der Waals surface area contributed by atoms with Crippen LogP contribution in [0.25, 0.3) is 0 Å². The van der Waals surface area contributed by atoms with E-state index in [-0.39, 0.29) is 30.6 Å². The van der Waals surface area contributed by atoms with Crippen molar-refractivity contribution in [1.82, 2.24) is 4.98 Å². The van der Waals surface area contributed by atoms with Gasteiger partial charge in [-0.15, -0.1) is 0 Å². The van der Waals surface area contributed by atoms with Gasteiger partial charge in [-0.05, 0) is 20.3 Å². The molecule has 0 amide bonds. The Balaban J connectivity index is 2.29. The van der Waals surface area contributed by atoms with Crippen molar-refractivity contribution in [2.24, 2.45) is 0 Å². The fourth-order valence-corrected chi connectivity index (χ4v) is 2.76. The van der Waals surface area contributed by atoms with Gasteiger partial charge in [-0.1, -0.05) is 13.3 Å². The summed E-state index contributed by atoms with van der Waals surface area (Å²) < 4.78 is 50.3. The van der Waals surface area contributed by atoms with Crippen molar-refractivity contribution < 1.29 is 27.8 Å². The zero-order chi connectivity index (χ0) is 18.0. The molecule has 1 N–H and O–H groups in total. The second-order valence-electron chi connectivity index (χ2n) is 6.46. The molecule has 1 aliphatic heterocycles. The van der Waals surface area contributed by atoms with Crippen molar-refractivity contribution in [3.05, 3.63) is 12.1 Å². The summed E-state index contributed by atoms with van der Waals surface area (Å²) in [4.78, 5) is 5.28. The van der Waals surface area contributed by atoms with Gasteiger partial charge in [0.05, 0.1) is 13.2 Å². The van der Waals surface area contributed by atoms with Gasteiger partial charge in [0.15, 0.2) is 0 Å². The molecule has 0 saturated carbocycles. The number of rotatable bonds is 5. The van der Waals surface area contributed by atoms with E-state index in [0.717, 1.165) is 17.7 Å². The van der Waals surface area contributed by atoms with Crippen LogP contribution in [0.2, 0.25) is 0 Å².